The zero-order valence-electron chi connectivity index (χ0n) is 9.15. The summed E-state index contributed by atoms with van der Waals surface area (Å²) in [6, 6.07) is 5.48. The van der Waals surface area contributed by atoms with Gasteiger partial charge in [-0.1, -0.05) is 12.2 Å². The van der Waals surface area contributed by atoms with E-state index in [4.69, 9.17) is 5.73 Å². The summed E-state index contributed by atoms with van der Waals surface area (Å²) >= 11 is 4.67. The molecule has 1 heterocycles. The van der Waals surface area contributed by atoms with Crippen molar-refractivity contribution in [2.75, 3.05) is 5.32 Å². The van der Waals surface area contributed by atoms with Crippen molar-refractivity contribution < 1.29 is 8.78 Å². The Hall–Kier alpha value is -2.08. The third-order valence-electron chi connectivity index (χ3n) is 2.26. The highest BCUT2D eigenvalue weighted by molar-refractivity contribution is 7.80. The molecule has 18 heavy (non-hydrogen) atoms. The topological polar surface area (TPSA) is 50.9 Å². The van der Waals surface area contributed by atoms with Gasteiger partial charge >= 0.3 is 0 Å². The first-order valence-corrected chi connectivity index (χ1v) is 5.44. The predicted octanol–water partition coefficient (Wildman–Crippen LogP) is 2.74. The molecule has 0 saturated heterocycles. The molecule has 2 rings (SSSR count). The average Bonchev–Trinajstić information content (AvgIpc) is 2.34. The molecule has 0 fully saturated rings. The highest BCUT2D eigenvalue weighted by atomic mass is 32.1. The number of aromatic nitrogens is 1. The Bertz CT molecular complexity index is 564. The van der Waals surface area contributed by atoms with Gasteiger partial charge in [0.2, 0.25) is 0 Å². The van der Waals surface area contributed by atoms with E-state index in [0.717, 1.165) is 12.1 Å². The van der Waals surface area contributed by atoms with Crippen molar-refractivity contribution in [2.24, 2.45) is 5.73 Å². The first-order valence-electron chi connectivity index (χ1n) is 5.04. The average molecular weight is 265 g/mol. The minimum absolute atomic E-state index is 0.0549. The molecule has 0 amide bonds. The summed E-state index contributed by atoms with van der Waals surface area (Å²) in [5.41, 5.74) is 5.70. The van der Waals surface area contributed by atoms with E-state index in [9.17, 15) is 8.78 Å². The number of nitrogens with zero attached hydrogens (tertiary/aromatic N) is 1. The number of thiocarbonyl (C=S) groups is 1. The van der Waals surface area contributed by atoms with E-state index in [1.54, 1.807) is 18.3 Å². The van der Waals surface area contributed by atoms with Crippen LogP contribution in [0.2, 0.25) is 0 Å². The molecule has 0 unspecified atom stereocenters. The van der Waals surface area contributed by atoms with Gasteiger partial charge in [0.1, 0.15) is 22.3 Å². The van der Waals surface area contributed by atoms with Crippen LogP contribution in [0.1, 0.15) is 5.56 Å². The van der Waals surface area contributed by atoms with Crippen LogP contribution in [-0.4, -0.2) is 9.97 Å². The molecular weight excluding hydrogens is 256 g/mol. The first kappa shape index (κ1) is 12.4. The third kappa shape index (κ3) is 2.60. The summed E-state index contributed by atoms with van der Waals surface area (Å²) in [5, 5.41) is 2.61. The van der Waals surface area contributed by atoms with Crippen molar-refractivity contribution in [3.8, 4) is 0 Å². The molecule has 6 heteroatoms. The lowest BCUT2D eigenvalue weighted by Crippen LogP contribution is -2.11. The van der Waals surface area contributed by atoms with E-state index in [0.29, 0.717) is 5.69 Å². The molecule has 0 radical (unpaired) electrons. The normalized spacial score (nSPS) is 10.1. The summed E-state index contributed by atoms with van der Waals surface area (Å²) in [6.07, 6.45) is 3.02. The lowest BCUT2D eigenvalue weighted by Gasteiger charge is -2.09. The Morgan fingerprint density at radius 2 is 1.94 bits per heavy atom. The van der Waals surface area contributed by atoms with Gasteiger partial charge in [0, 0.05) is 11.8 Å². The predicted molar refractivity (Wildman–Crippen MR) is 69.8 cm³/mol. The number of rotatable bonds is 3. The molecule has 0 aliphatic heterocycles. The van der Waals surface area contributed by atoms with Gasteiger partial charge in [-0.15, -0.1) is 0 Å². The number of nitrogens with two attached hydrogens (primary N) is 1. The minimum atomic E-state index is -0.762. The second-order valence-corrected chi connectivity index (χ2v) is 3.99. The molecule has 0 aliphatic carbocycles. The summed E-state index contributed by atoms with van der Waals surface area (Å²) in [4.78, 5) is 3.78. The fourth-order valence-electron chi connectivity index (χ4n) is 1.42. The van der Waals surface area contributed by atoms with Gasteiger partial charge in [0.15, 0.2) is 0 Å². The van der Waals surface area contributed by atoms with Gasteiger partial charge in [-0.25, -0.2) is 8.78 Å². The van der Waals surface area contributed by atoms with E-state index in [-0.39, 0.29) is 16.2 Å². The largest absolute Gasteiger partial charge is 0.389 e. The van der Waals surface area contributed by atoms with Gasteiger partial charge in [-0.2, -0.15) is 0 Å². The van der Waals surface area contributed by atoms with Crippen LogP contribution in [0.3, 0.4) is 0 Å². The van der Waals surface area contributed by atoms with Gasteiger partial charge in [-0.05, 0) is 24.3 Å². The standard InChI is InChI=1S/C12H9F2N3S/c13-9-4-7(12(15)18)5-10(14)11(9)17-8-2-1-3-16-6-8/h1-6,17H,(H2,15,18). The number of benzene rings is 1. The van der Waals surface area contributed by atoms with Crippen molar-refractivity contribution in [3.05, 3.63) is 53.9 Å². The SMILES string of the molecule is NC(=S)c1cc(F)c(Nc2cccnc2)c(F)c1. The molecular formula is C12H9F2N3S. The quantitative estimate of drug-likeness (QED) is 0.838. The van der Waals surface area contributed by atoms with Crippen molar-refractivity contribution in [2.45, 2.75) is 0 Å². The minimum Gasteiger partial charge on any atom is -0.389 e. The maximum absolute atomic E-state index is 13.7. The van der Waals surface area contributed by atoms with E-state index in [1.165, 1.54) is 6.20 Å². The van der Waals surface area contributed by atoms with Gasteiger partial charge in [0.05, 0.1) is 11.9 Å². The van der Waals surface area contributed by atoms with E-state index in [2.05, 4.69) is 22.5 Å². The molecule has 0 atom stereocenters. The maximum Gasteiger partial charge on any atom is 0.150 e. The Balaban J connectivity index is 2.37. The lowest BCUT2D eigenvalue weighted by atomic mass is 10.2. The fourth-order valence-corrected chi connectivity index (χ4v) is 1.53. The van der Waals surface area contributed by atoms with Gasteiger partial charge in [0.25, 0.3) is 0 Å². The zero-order valence-corrected chi connectivity index (χ0v) is 9.97. The molecule has 0 saturated carbocycles. The third-order valence-corrected chi connectivity index (χ3v) is 2.49. The maximum atomic E-state index is 13.7. The van der Waals surface area contributed by atoms with Crippen LogP contribution in [0, 0.1) is 11.6 Å². The Morgan fingerprint density at radius 3 is 2.44 bits per heavy atom. The van der Waals surface area contributed by atoms with Crippen molar-refractivity contribution in [1.29, 1.82) is 0 Å². The summed E-state index contributed by atoms with van der Waals surface area (Å²) in [5.74, 6) is -1.52. The van der Waals surface area contributed by atoms with Gasteiger partial charge in [-0.3, -0.25) is 4.98 Å². The van der Waals surface area contributed by atoms with Crippen LogP contribution in [0.15, 0.2) is 36.7 Å². The molecule has 3 N–H and O–H groups in total. The zero-order chi connectivity index (χ0) is 13.1. The molecule has 0 aliphatic rings. The second kappa shape index (κ2) is 5.05. The van der Waals surface area contributed by atoms with Crippen LogP contribution in [0.25, 0.3) is 0 Å². The van der Waals surface area contributed by atoms with Crippen LogP contribution >= 0.6 is 12.2 Å². The van der Waals surface area contributed by atoms with E-state index < -0.39 is 11.6 Å². The number of anilines is 2. The highest BCUT2D eigenvalue weighted by Gasteiger charge is 2.12. The molecule has 2 aromatic rings. The van der Waals surface area contributed by atoms with E-state index >= 15 is 0 Å². The Kier molecular flexibility index (Phi) is 3.47. The van der Waals surface area contributed by atoms with Crippen LogP contribution in [0.5, 0.6) is 0 Å². The first-order chi connectivity index (χ1) is 8.58. The molecule has 3 nitrogen and oxygen atoms in total. The molecule has 92 valence electrons. The Labute approximate surface area is 108 Å². The fraction of sp³-hybridized carbons (Fsp3) is 0. The number of halogens is 2. The number of hydrogen-bond acceptors (Lipinski definition) is 3. The monoisotopic (exact) mass is 265 g/mol. The van der Waals surface area contributed by atoms with Crippen LogP contribution in [-0.2, 0) is 0 Å². The lowest BCUT2D eigenvalue weighted by molar-refractivity contribution is 0.590. The number of hydrogen-bond donors (Lipinski definition) is 2. The second-order valence-electron chi connectivity index (χ2n) is 3.55. The smallest absolute Gasteiger partial charge is 0.150 e. The summed E-state index contributed by atoms with van der Waals surface area (Å²) in [7, 11) is 0. The molecule has 0 spiro atoms. The van der Waals surface area contributed by atoms with Crippen LogP contribution in [0.4, 0.5) is 20.2 Å². The summed E-state index contributed by atoms with van der Waals surface area (Å²) in [6.45, 7) is 0. The molecule has 1 aromatic carbocycles. The highest BCUT2D eigenvalue weighted by Crippen LogP contribution is 2.24. The summed E-state index contributed by atoms with van der Waals surface area (Å²) < 4.78 is 27.4. The Morgan fingerprint density at radius 1 is 1.28 bits per heavy atom. The number of nitrogens with one attached hydrogen (secondary N) is 1. The van der Waals surface area contributed by atoms with Gasteiger partial charge < -0.3 is 11.1 Å². The number of pyridine rings is 1. The van der Waals surface area contributed by atoms with Crippen LogP contribution < -0.4 is 11.1 Å². The van der Waals surface area contributed by atoms with E-state index in [1.807, 2.05) is 0 Å². The van der Waals surface area contributed by atoms with Crippen molar-refractivity contribution in [1.82, 2.24) is 4.98 Å². The molecule has 1 aromatic heterocycles. The van der Waals surface area contributed by atoms with Crippen molar-refractivity contribution in [3.63, 3.8) is 0 Å². The van der Waals surface area contributed by atoms with Crippen molar-refractivity contribution >= 4 is 28.6 Å². The molecule has 0 bridgehead atoms.